The maximum absolute atomic E-state index is 12.5. The molecule has 1 aliphatic heterocycles. The van der Waals surface area contributed by atoms with Gasteiger partial charge in [0.15, 0.2) is 5.82 Å². The molecule has 178 valence electrons. The molecule has 0 aromatic carbocycles. The predicted molar refractivity (Wildman–Crippen MR) is 133 cm³/mol. The van der Waals surface area contributed by atoms with Crippen LogP contribution < -0.4 is 10.6 Å². The molecule has 0 unspecified atom stereocenters. The quantitative estimate of drug-likeness (QED) is 0.346. The summed E-state index contributed by atoms with van der Waals surface area (Å²) in [5.41, 5.74) is 3.67. The maximum Gasteiger partial charge on any atom is 0.236 e. The molecule has 1 aliphatic rings. The molecule has 0 bridgehead atoms. The number of pyridine rings is 1. The average molecular weight is 488 g/mol. The fourth-order valence-corrected chi connectivity index (χ4v) is 4.63. The fraction of sp³-hybridized carbons (Fsp3) is 0.280. The average Bonchev–Trinajstić information content (AvgIpc) is 3.25. The van der Waals surface area contributed by atoms with Crippen molar-refractivity contribution in [3.05, 3.63) is 82.6 Å². The van der Waals surface area contributed by atoms with Crippen LogP contribution in [-0.4, -0.2) is 55.6 Å². The number of carbonyl (C=O) groups is 1. The van der Waals surface area contributed by atoms with Crippen molar-refractivity contribution in [1.29, 1.82) is 0 Å². The molecule has 0 saturated carbocycles. The van der Waals surface area contributed by atoms with Crippen LogP contribution >= 0.6 is 11.3 Å². The van der Waals surface area contributed by atoms with Gasteiger partial charge in [0, 0.05) is 44.0 Å². The second kappa shape index (κ2) is 9.95. The first-order valence-electron chi connectivity index (χ1n) is 11.3. The monoisotopic (exact) mass is 487 g/mol. The Morgan fingerprint density at radius 2 is 1.89 bits per heavy atom. The van der Waals surface area contributed by atoms with Gasteiger partial charge in [0.25, 0.3) is 0 Å². The number of aliphatic hydroxyl groups is 1. The van der Waals surface area contributed by atoms with Crippen molar-refractivity contribution in [1.82, 2.24) is 30.2 Å². The van der Waals surface area contributed by atoms with Crippen molar-refractivity contribution >= 4 is 22.2 Å². The lowest BCUT2D eigenvalue weighted by atomic mass is 9.82. The highest BCUT2D eigenvalue weighted by Crippen LogP contribution is 2.27. The van der Waals surface area contributed by atoms with Gasteiger partial charge in [-0.1, -0.05) is 6.07 Å². The van der Waals surface area contributed by atoms with Crippen LogP contribution in [0.3, 0.4) is 0 Å². The van der Waals surface area contributed by atoms with E-state index < -0.39 is 5.41 Å². The van der Waals surface area contributed by atoms with Gasteiger partial charge in [-0.2, -0.15) is 0 Å². The van der Waals surface area contributed by atoms with Gasteiger partial charge >= 0.3 is 0 Å². The molecule has 35 heavy (non-hydrogen) atoms. The minimum absolute atomic E-state index is 0.157. The number of aryl methyl sites for hydroxylation is 1. The zero-order valence-electron chi connectivity index (χ0n) is 19.2. The summed E-state index contributed by atoms with van der Waals surface area (Å²) in [5.74, 6) is 1.13. The smallest absolute Gasteiger partial charge is 0.236 e. The Balaban J connectivity index is 1.25. The van der Waals surface area contributed by atoms with Crippen molar-refractivity contribution in [2.75, 3.05) is 25.0 Å². The number of aromatic nitrogens is 5. The fourth-order valence-electron chi connectivity index (χ4n) is 3.83. The lowest BCUT2D eigenvalue weighted by Crippen LogP contribution is -2.61. The number of rotatable bonds is 8. The highest BCUT2D eigenvalue weighted by atomic mass is 32.1. The third kappa shape index (κ3) is 5.24. The van der Waals surface area contributed by atoms with Crippen LogP contribution in [0, 0.1) is 12.3 Å². The Morgan fingerprint density at radius 3 is 2.63 bits per heavy atom. The lowest BCUT2D eigenvalue weighted by molar-refractivity contribution is -0.131. The molecule has 4 aromatic heterocycles. The summed E-state index contributed by atoms with van der Waals surface area (Å²) in [5, 5.41) is 18.3. The molecule has 5 heterocycles. The van der Waals surface area contributed by atoms with Gasteiger partial charge < -0.3 is 15.7 Å². The molecule has 4 aromatic rings. The highest BCUT2D eigenvalue weighted by Gasteiger charge is 2.43. The van der Waals surface area contributed by atoms with E-state index in [0.29, 0.717) is 37.6 Å². The van der Waals surface area contributed by atoms with Gasteiger partial charge in [0.05, 0.1) is 28.4 Å². The van der Waals surface area contributed by atoms with Crippen molar-refractivity contribution in [2.24, 2.45) is 5.41 Å². The summed E-state index contributed by atoms with van der Waals surface area (Å²) >= 11 is 1.45. The number of thiophene rings is 1. The van der Waals surface area contributed by atoms with E-state index >= 15 is 0 Å². The van der Waals surface area contributed by atoms with Crippen LogP contribution in [-0.2, 0) is 17.6 Å². The van der Waals surface area contributed by atoms with E-state index in [9.17, 15) is 9.90 Å². The van der Waals surface area contributed by atoms with Crippen molar-refractivity contribution in [2.45, 2.75) is 19.8 Å². The molecule has 0 radical (unpaired) electrons. The topological polar surface area (TPSA) is 126 Å². The first-order valence-corrected chi connectivity index (χ1v) is 12.2. The van der Waals surface area contributed by atoms with E-state index in [4.69, 9.17) is 4.98 Å². The molecule has 1 amide bonds. The molecule has 0 atom stereocenters. The Labute approximate surface area is 206 Å². The normalized spacial score (nSPS) is 14.3. The Bertz CT molecular complexity index is 1350. The number of carbonyl (C=O) groups excluding carboxylic acids is 1. The molecule has 0 spiro atoms. The standard InChI is InChI=1S/C25H25N7O2S/c1-16-3-2-4-20(29-16)23-28-8-6-19(31-23)11-18-5-7-27-21(30-18)9-17-10-22(35-12-17)32-24(34)25(15-33)13-26-14-25/h2-8,10,12,26,33H,9,11,13-15H2,1H3,(H,32,34). The molecule has 10 heteroatoms. The molecular formula is C25H25N7O2S. The van der Waals surface area contributed by atoms with Gasteiger partial charge in [-0.05, 0) is 48.2 Å². The third-order valence-electron chi connectivity index (χ3n) is 5.92. The summed E-state index contributed by atoms with van der Waals surface area (Å²) in [6, 6.07) is 11.5. The van der Waals surface area contributed by atoms with Crippen LogP contribution in [0.5, 0.6) is 0 Å². The summed E-state index contributed by atoms with van der Waals surface area (Å²) < 4.78 is 0. The van der Waals surface area contributed by atoms with Crippen LogP contribution in [0.2, 0.25) is 0 Å². The summed E-state index contributed by atoms with van der Waals surface area (Å²) in [6.45, 7) is 2.75. The lowest BCUT2D eigenvalue weighted by Gasteiger charge is -2.39. The van der Waals surface area contributed by atoms with Crippen molar-refractivity contribution in [3.8, 4) is 11.5 Å². The van der Waals surface area contributed by atoms with Crippen LogP contribution in [0.25, 0.3) is 11.5 Å². The molecule has 5 rings (SSSR count). The van der Waals surface area contributed by atoms with E-state index in [1.807, 2.05) is 48.7 Å². The maximum atomic E-state index is 12.5. The number of anilines is 1. The number of nitrogens with one attached hydrogen (secondary N) is 2. The van der Waals surface area contributed by atoms with Gasteiger partial charge in [-0.3, -0.25) is 4.79 Å². The van der Waals surface area contributed by atoms with Crippen LogP contribution in [0.15, 0.2) is 54.2 Å². The predicted octanol–water partition coefficient (Wildman–Crippen LogP) is 2.40. The number of nitrogens with zero attached hydrogens (tertiary/aromatic N) is 5. The van der Waals surface area contributed by atoms with E-state index in [-0.39, 0.29) is 12.5 Å². The highest BCUT2D eigenvalue weighted by molar-refractivity contribution is 7.14. The summed E-state index contributed by atoms with van der Waals surface area (Å²) in [4.78, 5) is 35.2. The summed E-state index contributed by atoms with van der Waals surface area (Å²) in [7, 11) is 0. The molecule has 3 N–H and O–H groups in total. The number of amides is 1. The number of hydrogen-bond acceptors (Lipinski definition) is 9. The second-order valence-corrected chi connectivity index (χ2v) is 9.58. The molecule has 1 fully saturated rings. The van der Waals surface area contributed by atoms with Crippen molar-refractivity contribution in [3.63, 3.8) is 0 Å². The van der Waals surface area contributed by atoms with Gasteiger partial charge in [-0.15, -0.1) is 11.3 Å². The van der Waals surface area contributed by atoms with Crippen molar-refractivity contribution < 1.29 is 9.90 Å². The first kappa shape index (κ1) is 23.2. The van der Waals surface area contributed by atoms with Gasteiger partial charge in [-0.25, -0.2) is 24.9 Å². The van der Waals surface area contributed by atoms with Crippen LogP contribution in [0.4, 0.5) is 5.00 Å². The SMILES string of the molecule is Cc1cccc(-c2nccc(Cc3ccnc(Cc4csc(NC(=O)C5(CO)CNC5)c4)n3)n2)n1. The van der Waals surface area contributed by atoms with E-state index in [0.717, 1.165) is 33.3 Å². The molecular weight excluding hydrogens is 462 g/mol. The minimum Gasteiger partial charge on any atom is -0.395 e. The Morgan fingerprint density at radius 1 is 1.09 bits per heavy atom. The van der Waals surface area contributed by atoms with E-state index in [1.54, 1.807) is 12.4 Å². The second-order valence-electron chi connectivity index (χ2n) is 8.67. The zero-order chi connectivity index (χ0) is 24.3. The van der Waals surface area contributed by atoms with Gasteiger partial charge in [0.2, 0.25) is 5.91 Å². The molecule has 1 saturated heterocycles. The Hall–Kier alpha value is -3.60. The minimum atomic E-state index is -0.724. The zero-order valence-corrected chi connectivity index (χ0v) is 20.0. The van der Waals surface area contributed by atoms with Crippen LogP contribution in [0.1, 0.15) is 28.5 Å². The third-order valence-corrected chi connectivity index (χ3v) is 6.81. The van der Waals surface area contributed by atoms with E-state index in [1.165, 1.54) is 11.3 Å². The molecule has 9 nitrogen and oxygen atoms in total. The molecule has 0 aliphatic carbocycles. The summed E-state index contributed by atoms with van der Waals surface area (Å²) in [6.07, 6.45) is 4.60. The number of aliphatic hydroxyl groups excluding tert-OH is 1. The Kier molecular flexibility index (Phi) is 6.58. The number of hydrogen-bond donors (Lipinski definition) is 3. The van der Waals surface area contributed by atoms with E-state index in [2.05, 4.69) is 30.6 Å². The first-order chi connectivity index (χ1) is 17.0. The van der Waals surface area contributed by atoms with Gasteiger partial charge in [0.1, 0.15) is 11.5 Å². The largest absolute Gasteiger partial charge is 0.395 e.